The van der Waals surface area contributed by atoms with E-state index in [0.29, 0.717) is 11.8 Å². The maximum atomic E-state index is 12.3. The molecule has 0 aromatic rings. The fourth-order valence-electron chi connectivity index (χ4n) is 3.38. The Labute approximate surface area is 111 Å². The fourth-order valence-corrected chi connectivity index (χ4v) is 3.38. The molecule has 1 amide bonds. The standard InChI is InChI=1S/C15H28N2O/c1-3-5-6-12(4-2)7-15(18)17-10-13-8-16-9-14(13)11-17/h12-14,16H,3-11H2,1-2H3/t12?,13-,14+. The van der Waals surface area contributed by atoms with Gasteiger partial charge >= 0.3 is 0 Å². The van der Waals surface area contributed by atoms with E-state index in [1.807, 2.05) is 0 Å². The molecule has 0 spiro atoms. The molecule has 0 aromatic carbocycles. The number of fused-ring (bicyclic) bond motifs is 1. The molecule has 2 aliphatic heterocycles. The zero-order valence-electron chi connectivity index (χ0n) is 12.0. The third-order valence-corrected chi connectivity index (χ3v) is 4.75. The van der Waals surface area contributed by atoms with Crippen LogP contribution in [0.3, 0.4) is 0 Å². The highest BCUT2D eigenvalue weighted by Gasteiger charge is 2.38. The van der Waals surface area contributed by atoms with Gasteiger partial charge in [0.25, 0.3) is 0 Å². The topological polar surface area (TPSA) is 32.3 Å². The van der Waals surface area contributed by atoms with Crippen molar-refractivity contribution in [1.82, 2.24) is 10.2 Å². The molecular formula is C15H28N2O. The lowest BCUT2D eigenvalue weighted by Gasteiger charge is -2.21. The Kier molecular flexibility index (Phi) is 5.04. The van der Waals surface area contributed by atoms with Crippen LogP contribution in [0.25, 0.3) is 0 Å². The Morgan fingerprint density at radius 2 is 1.94 bits per heavy atom. The first-order chi connectivity index (χ1) is 8.74. The van der Waals surface area contributed by atoms with Gasteiger partial charge in [-0.3, -0.25) is 4.79 Å². The molecule has 2 saturated heterocycles. The van der Waals surface area contributed by atoms with E-state index in [0.717, 1.165) is 50.9 Å². The molecule has 0 aromatic heterocycles. The largest absolute Gasteiger partial charge is 0.342 e. The summed E-state index contributed by atoms with van der Waals surface area (Å²) in [5.41, 5.74) is 0. The highest BCUT2D eigenvalue weighted by molar-refractivity contribution is 5.76. The van der Waals surface area contributed by atoms with E-state index in [4.69, 9.17) is 0 Å². The van der Waals surface area contributed by atoms with Gasteiger partial charge in [-0.15, -0.1) is 0 Å². The second kappa shape index (κ2) is 6.55. The van der Waals surface area contributed by atoms with Crippen LogP contribution >= 0.6 is 0 Å². The van der Waals surface area contributed by atoms with Crippen molar-refractivity contribution in [2.75, 3.05) is 26.2 Å². The summed E-state index contributed by atoms with van der Waals surface area (Å²) in [5, 5.41) is 3.43. The van der Waals surface area contributed by atoms with Crippen LogP contribution in [0, 0.1) is 17.8 Å². The molecule has 2 fully saturated rings. The third-order valence-electron chi connectivity index (χ3n) is 4.75. The number of likely N-dealkylation sites (tertiary alicyclic amines) is 1. The number of nitrogens with zero attached hydrogens (tertiary/aromatic N) is 1. The number of nitrogens with one attached hydrogen (secondary N) is 1. The number of hydrogen-bond donors (Lipinski definition) is 1. The average molecular weight is 252 g/mol. The van der Waals surface area contributed by atoms with Gasteiger partial charge in [-0.1, -0.05) is 33.1 Å². The van der Waals surface area contributed by atoms with E-state index >= 15 is 0 Å². The van der Waals surface area contributed by atoms with Crippen molar-refractivity contribution in [1.29, 1.82) is 0 Å². The lowest BCUT2D eigenvalue weighted by atomic mass is 9.95. The number of carbonyl (C=O) groups is 1. The number of carbonyl (C=O) groups excluding carboxylic acids is 1. The van der Waals surface area contributed by atoms with Gasteiger partial charge in [0.2, 0.25) is 5.91 Å². The second-order valence-electron chi connectivity index (χ2n) is 6.10. The Bertz CT molecular complexity index is 268. The van der Waals surface area contributed by atoms with Gasteiger partial charge in [-0.25, -0.2) is 0 Å². The minimum absolute atomic E-state index is 0.410. The number of amides is 1. The molecule has 0 bridgehead atoms. The predicted octanol–water partition coefficient (Wildman–Crippen LogP) is 2.27. The normalized spacial score (nSPS) is 28.4. The number of hydrogen-bond acceptors (Lipinski definition) is 2. The minimum atomic E-state index is 0.410. The van der Waals surface area contributed by atoms with Crippen LogP contribution in [0.15, 0.2) is 0 Å². The van der Waals surface area contributed by atoms with Gasteiger partial charge in [0.1, 0.15) is 0 Å². The molecule has 2 heterocycles. The summed E-state index contributed by atoms with van der Waals surface area (Å²) in [5.74, 6) is 2.47. The average Bonchev–Trinajstić information content (AvgIpc) is 2.94. The Balaban J connectivity index is 1.77. The van der Waals surface area contributed by atoms with Crippen LogP contribution in [-0.4, -0.2) is 37.0 Å². The number of rotatable bonds is 6. The highest BCUT2D eigenvalue weighted by atomic mass is 16.2. The summed E-state index contributed by atoms with van der Waals surface area (Å²) in [7, 11) is 0. The van der Waals surface area contributed by atoms with Crippen molar-refractivity contribution in [3.8, 4) is 0 Å². The van der Waals surface area contributed by atoms with Crippen LogP contribution in [-0.2, 0) is 4.79 Å². The van der Waals surface area contributed by atoms with Gasteiger partial charge in [0.05, 0.1) is 0 Å². The predicted molar refractivity (Wildman–Crippen MR) is 74.4 cm³/mol. The molecule has 1 unspecified atom stereocenters. The molecule has 2 rings (SSSR count). The number of unbranched alkanes of at least 4 members (excludes halogenated alkanes) is 1. The molecule has 3 atom stereocenters. The maximum absolute atomic E-state index is 12.3. The van der Waals surface area contributed by atoms with Crippen molar-refractivity contribution in [2.24, 2.45) is 17.8 Å². The van der Waals surface area contributed by atoms with E-state index in [1.54, 1.807) is 0 Å². The Morgan fingerprint density at radius 3 is 2.50 bits per heavy atom. The summed E-state index contributed by atoms with van der Waals surface area (Å²) < 4.78 is 0. The molecule has 104 valence electrons. The fraction of sp³-hybridized carbons (Fsp3) is 0.933. The van der Waals surface area contributed by atoms with E-state index in [1.165, 1.54) is 19.3 Å². The van der Waals surface area contributed by atoms with Crippen molar-refractivity contribution in [2.45, 2.75) is 46.0 Å². The molecule has 0 radical (unpaired) electrons. The second-order valence-corrected chi connectivity index (χ2v) is 6.10. The molecule has 0 saturated carbocycles. The summed E-state index contributed by atoms with van der Waals surface area (Å²) >= 11 is 0. The Hall–Kier alpha value is -0.570. The smallest absolute Gasteiger partial charge is 0.222 e. The van der Waals surface area contributed by atoms with Gasteiger partial charge < -0.3 is 10.2 Å². The van der Waals surface area contributed by atoms with Crippen molar-refractivity contribution in [3.05, 3.63) is 0 Å². The van der Waals surface area contributed by atoms with Crippen molar-refractivity contribution < 1.29 is 4.79 Å². The van der Waals surface area contributed by atoms with Crippen LogP contribution in [0.5, 0.6) is 0 Å². The van der Waals surface area contributed by atoms with E-state index in [9.17, 15) is 4.79 Å². The van der Waals surface area contributed by atoms with E-state index in [2.05, 4.69) is 24.1 Å². The molecule has 1 N–H and O–H groups in total. The lowest BCUT2D eigenvalue weighted by Crippen LogP contribution is -2.33. The SMILES string of the molecule is CCCCC(CC)CC(=O)N1C[C@H]2CNC[C@H]2C1. The first kappa shape index (κ1) is 13.9. The third kappa shape index (κ3) is 3.25. The zero-order chi connectivity index (χ0) is 13.0. The zero-order valence-corrected chi connectivity index (χ0v) is 12.0. The molecule has 2 aliphatic rings. The van der Waals surface area contributed by atoms with Crippen LogP contribution < -0.4 is 5.32 Å². The molecule has 3 nitrogen and oxygen atoms in total. The summed E-state index contributed by atoms with van der Waals surface area (Å²) in [6.45, 7) is 8.67. The molecular weight excluding hydrogens is 224 g/mol. The first-order valence-electron chi connectivity index (χ1n) is 7.73. The van der Waals surface area contributed by atoms with Gasteiger partial charge in [0.15, 0.2) is 0 Å². The Morgan fingerprint density at radius 1 is 1.28 bits per heavy atom. The summed E-state index contributed by atoms with van der Waals surface area (Å²) in [6, 6.07) is 0. The van der Waals surface area contributed by atoms with Gasteiger partial charge in [0, 0.05) is 32.6 Å². The summed E-state index contributed by atoms with van der Waals surface area (Å²) in [4.78, 5) is 14.4. The highest BCUT2D eigenvalue weighted by Crippen LogP contribution is 2.28. The van der Waals surface area contributed by atoms with E-state index in [-0.39, 0.29) is 0 Å². The lowest BCUT2D eigenvalue weighted by molar-refractivity contribution is -0.131. The quantitative estimate of drug-likeness (QED) is 0.786. The summed E-state index contributed by atoms with van der Waals surface area (Å²) in [6.07, 6.45) is 5.66. The molecule has 3 heteroatoms. The molecule has 18 heavy (non-hydrogen) atoms. The van der Waals surface area contributed by atoms with Gasteiger partial charge in [-0.2, -0.15) is 0 Å². The van der Waals surface area contributed by atoms with Crippen LogP contribution in [0.4, 0.5) is 0 Å². The van der Waals surface area contributed by atoms with Crippen molar-refractivity contribution >= 4 is 5.91 Å². The van der Waals surface area contributed by atoms with Crippen LogP contribution in [0.1, 0.15) is 46.0 Å². The minimum Gasteiger partial charge on any atom is -0.342 e. The van der Waals surface area contributed by atoms with Gasteiger partial charge in [-0.05, 0) is 24.2 Å². The monoisotopic (exact) mass is 252 g/mol. The maximum Gasteiger partial charge on any atom is 0.222 e. The van der Waals surface area contributed by atoms with Crippen molar-refractivity contribution in [3.63, 3.8) is 0 Å². The van der Waals surface area contributed by atoms with Crippen LogP contribution in [0.2, 0.25) is 0 Å². The van der Waals surface area contributed by atoms with E-state index < -0.39 is 0 Å². The molecule has 0 aliphatic carbocycles. The first-order valence-corrected chi connectivity index (χ1v) is 7.73.